The van der Waals surface area contributed by atoms with Crippen LogP contribution >= 0.6 is 12.4 Å². The molecular formula is C10H16ClN3O. The van der Waals surface area contributed by atoms with E-state index in [4.69, 9.17) is 5.73 Å². The number of hydrogen-bond donors (Lipinski definition) is 2. The topological polar surface area (TPSA) is 71.8 Å². The van der Waals surface area contributed by atoms with Gasteiger partial charge in [0.15, 0.2) is 0 Å². The molecule has 0 amide bonds. The van der Waals surface area contributed by atoms with Crippen molar-refractivity contribution in [2.45, 2.75) is 37.6 Å². The fourth-order valence-corrected chi connectivity index (χ4v) is 2.04. The first-order chi connectivity index (χ1) is 6.71. The average Bonchev–Trinajstić information content (AvgIpc) is 2.19. The zero-order valence-electron chi connectivity index (χ0n) is 8.53. The van der Waals surface area contributed by atoms with E-state index in [1.165, 1.54) is 18.7 Å². The molecule has 0 bridgehead atoms. The highest BCUT2D eigenvalue weighted by atomic mass is 35.5. The van der Waals surface area contributed by atoms with E-state index >= 15 is 0 Å². The molecule has 0 atom stereocenters. The highest BCUT2D eigenvalue weighted by Crippen LogP contribution is 2.31. The van der Waals surface area contributed by atoms with Gasteiger partial charge < -0.3 is 10.7 Å². The van der Waals surface area contributed by atoms with Crippen molar-refractivity contribution in [3.8, 4) is 0 Å². The van der Waals surface area contributed by atoms with Gasteiger partial charge in [-0.15, -0.1) is 12.4 Å². The van der Waals surface area contributed by atoms with Crippen LogP contribution in [0.5, 0.6) is 0 Å². The van der Waals surface area contributed by atoms with E-state index in [9.17, 15) is 4.79 Å². The number of nitrogens with zero attached hydrogens (tertiary/aromatic N) is 1. The molecule has 1 fully saturated rings. The van der Waals surface area contributed by atoms with Crippen LogP contribution in [0.1, 0.15) is 37.9 Å². The van der Waals surface area contributed by atoms with Crippen LogP contribution in [0.25, 0.3) is 0 Å². The fourth-order valence-electron chi connectivity index (χ4n) is 2.04. The molecule has 0 unspecified atom stereocenters. The Hall–Kier alpha value is -0.870. The second-order valence-electron chi connectivity index (χ2n) is 4.00. The smallest absolute Gasteiger partial charge is 0.250 e. The highest BCUT2D eigenvalue weighted by Gasteiger charge is 2.31. The van der Waals surface area contributed by atoms with Crippen LogP contribution in [0, 0.1) is 0 Å². The zero-order valence-corrected chi connectivity index (χ0v) is 9.35. The van der Waals surface area contributed by atoms with Crippen molar-refractivity contribution in [2.75, 3.05) is 0 Å². The molecular weight excluding hydrogens is 214 g/mol. The first kappa shape index (κ1) is 12.2. The molecule has 2 rings (SSSR count). The summed E-state index contributed by atoms with van der Waals surface area (Å²) in [6, 6.07) is 1.41. The third-order valence-electron chi connectivity index (χ3n) is 2.89. The molecule has 15 heavy (non-hydrogen) atoms. The van der Waals surface area contributed by atoms with Crippen LogP contribution in [-0.4, -0.2) is 9.97 Å². The Kier molecular flexibility index (Phi) is 3.88. The maximum Gasteiger partial charge on any atom is 0.250 e. The third-order valence-corrected chi connectivity index (χ3v) is 2.89. The van der Waals surface area contributed by atoms with Crippen molar-refractivity contribution in [1.82, 2.24) is 9.97 Å². The van der Waals surface area contributed by atoms with E-state index in [-0.39, 0.29) is 18.0 Å². The molecule has 0 aliphatic heterocycles. The zero-order chi connectivity index (χ0) is 10.0. The number of hydrogen-bond acceptors (Lipinski definition) is 3. The molecule has 0 spiro atoms. The van der Waals surface area contributed by atoms with Crippen molar-refractivity contribution in [3.63, 3.8) is 0 Å². The molecule has 1 heterocycles. The summed E-state index contributed by atoms with van der Waals surface area (Å²) in [7, 11) is 0. The first-order valence-corrected chi connectivity index (χ1v) is 5.05. The van der Waals surface area contributed by atoms with Crippen LogP contribution in [-0.2, 0) is 5.54 Å². The summed E-state index contributed by atoms with van der Waals surface area (Å²) in [5.74, 6) is 0.643. The van der Waals surface area contributed by atoms with Crippen molar-refractivity contribution < 1.29 is 0 Å². The molecule has 1 aliphatic rings. The van der Waals surface area contributed by atoms with E-state index in [0.717, 1.165) is 25.7 Å². The van der Waals surface area contributed by atoms with Crippen LogP contribution in [0.4, 0.5) is 0 Å². The molecule has 0 radical (unpaired) electrons. The number of nitrogens with one attached hydrogen (secondary N) is 1. The summed E-state index contributed by atoms with van der Waals surface area (Å²) < 4.78 is 0. The lowest BCUT2D eigenvalue weighted by Crippen LogP contribution is -2.41. The van der Waals surface area contributed by atoms with Crippen molar-refractivity contribution >= 4 is 12.4 Å². The number of H-pyrrole nitrogens is 1. The maximum atomic E-state index is 11.1. The van der Waals surface area contributed by atoms with Gasteiger partial charge in [-0.25, -0.2) is 4.98 Å². The summed E-state index contributed by atoms with van der Waals surface area (Å²) in [4.78, 5) is 18.0. The van der Waals surface area contributed by atoms with Gasteiger partial charge in [0.2, 0.25) is 0 Å². The normalized spacial score (nSPS) is 19.3. The molecule has 1 aromatic rings. The molecule has 1 aliphatic carbocycles. The minimum atomic E-state index is -0.404. The lowest BCUT2D eigenvalue weighted by molar-refractivity contribution is 0.286. The van der Waals surface area contributed by atoms with Gasteiger partial charge in [0.25, 0.3) is 5.56 Å². The van der Waals surface area contributed by atoms with Gasteiger partial charge in [-0.05, 0) is 12.8 Å². The molecule has 1 aromatic heterocycles. The van der Waals surface area contributed by atoms with Gasteiger partial charge in [0, 0.05) is 12.3 Å². The van der Waals surface area contributed by atoms with E-state index < -0.39 is 5.54 Å². The predicted octanol–water partition coefficient (Wildman–Crippen LogP) is 1.31. The number of aromatic nitrogens is 2. The summed E-state index contributed by atoms with van der Waals surface area (Å²) in [6.45, 7) is 0. The standard InChI is InChI=1S/C10H15N3O.ClH/c11-10(5-2-1-3-6-10)9-12-7-4-8(14)13-9;/h4,7H,1-3,5-6,11H2,(H,12,13,14);1H. The van der Waals surface area contributed by atoms with Gasteiger partial charge in [-0.1, -0.05) is 19.3 Å². The Balaban J connectivity index is 0.00000112. The summed E-state index contributed by atoms with van der Waals surface area (Å²) in [6.07, 6.45) is 6.83. The maximum absolute atomic E-state index is 11.1. The molecule has 4 nitrogen and oxygen atoms in total. The molecule has 84 valence electrons. The van der Waals surface area contributed by atoms with E-state index in [1.807, 2.05) is 0 Å². The van der Waals surface area contributed by atoms with Crippen LogP contribution in [0.2, 0.25) is 0 Å². The van der Waals surface area contributed by atoms with Crippen molar-refractivity contribution in [3.05, 3.63) is 28.4 Å². The van der Waals surface area contributed by atoms with Gasteiger partial charge in [-0.3, -0.25) is 4.79 Å². The average molecular weight is 230 g/mol. The minimum Gasteiger partial charge on any atom is -0.319 e. The van der Waals surface area contributed by atoms with Crippen molar-refractivity contribution in [2.24, 2.45) is 5.73 Å². The summed E-state index contributed by atoms with van der Waals surface area (Å²) in [5.41, 5.74) is 5.69. The lowest BCUT2D eigenvalue weighted by atomic mass is 9.82. The van der Waals surface area contributed by atoms with Crippen LogP contribution < -0.4 is 11.3 Å². The highest BCUT2D eigenvalue weighted by molar-refractivity contribution is 5.85. The first-order valence-electron chi connectivity index (χ1n) is 5.05. The van der Waals surface area contributed by atoms with Gasteiger partial charge >= 0.3 is 0 Å². The number of aromatic amines is 1. The van der Waals surface area contributed by atoms with Gasteiger partial charge in [0.05, 0.1) is 5.54 Å². The minimum absolute atomic E-state index is 0. The molecule has 0 aromatic carbocycles. The predicted molar refractivity (Wildman–Crippen MR) is 61.1 cm³/mol. The summed E-state index contributed by atoms with van der Waals surface area (Å²) >= 11 is 0. The Morgan fingerprint density at radius 3 is 2.60 bits per heavy atom. The number of halogens is 1. The quantitative estimate of drug-likeness (QED) is 0.763. The Morgan fingerprint density at radius 2 is 2.00 bits per heavy atom. The molecule has 5 heteroatoms. The largest absolute Gasteiger partial charge is 0.319 e. The van der Waals surface area contributed by atoms with Crippen LogP contribution in [0.15, 0.2) is 17.1 Å². The SMILES string of the molecule is Cl.NC1(c2nccc(=O)[nH]2)CCCCC1. The Bertz CT molecular complexity index is 371. The number of nitrogens with two attached hydrogens (primary N) is 1. The van der Waals surface area contributed by atoms with Gasteiger partial charge in [-0.2, -0.15) is 0 Å². The monoisotopic (exact) mass is 229 g/mol. The van der Waals surface area contributed by atoms with Crippen LogP contribution in [0.3, 0.4) is 0 Å². The second-order valence-corrected chi connectivity index (χ2v) is 4.00. The van der Waals surface area contributed by atoms with E-state index in [0.29, 0.717) is 5.82 Å². The molecule has 0 saturated heterocycles. The molecule has 1 saturated carbocycles. The van der Waals surface area contributed by atoms with E-state index in [2.05, 4.69) is 9.97 Å². The van der Waals surface area contributed by atoms with Gasteiger partial charge in [0.1, 0.15) is 5.82 Å². The molecule has 3 N–H and O–H groups in total. The second kappa shape index (κ2) is 4.77. The van der Waals surface area contributed by atoms with Crippen molar-refractivity contribution in [1.29, 1.82) is 0 Å². The fraction of sp³-hybridized carbons (Fsp3) is 0.600. The Labute approximate surface area is 94.7 Å². The lowest BCUT2D eigenvalue weighted by Gasteiger charge is -2.31. The van der Waals surface area contributed by atoms with E-state index in [1.54, 1.807) is 0 Å². The number of rotatable bonds is 1. The third kappa shape index (κ3) is 2.58. The summed E-state index contributed by atoms with van der Waals surface area (Å²) in [5, 5.41) is 0. The Morgan fingerprint density at radius 1 is 1.33 bits per heavy atom.